The minimum atomic E-state index is -0.128. The first-order valence-corrected chi connectivity index (χ1v) is 4.53. The Morgan fingerprint density at radius 3 is 2.80 bits per heavy atom. The summed E-state index contributed by atoms with van der Waals surface area (Å²) in [5, 5.41) is 9.74. The summed E-state index contributed by atoms with van der Waals surface area (Å²) >= 11 is 0. The van der Waals surface area contributed by atoms with Crippen molar-refractivity contribution in [1.82, 2.24) is 4.98 Å². The second-order valence-electron chi connectivity index (χ2n) is 3.24. The molecule has 2 aromatic rings. The second-order valence-corrected chi connectivity index (χ2v) is 3.24. The molecular weight excluding hydrogens is 188 g/mol. The predicted molar refractivity (Wildman–Crippen MR) is 56.5 cm³/mol. The number of aromatic nitrogens is 1. The molecule has 0 aliphatic carbocycles. The van der Waals surface area contributed by atoms with E-state index >= 15 is 0 Å². The van der Waals surface area contributed by atoms with Gasteiger partial charge in [0.15, 0.2) is 5.78 Å². The van der Waals surface area contributed by atoms with Gasteiger partial charge < -0.3 is 0 Å². The van der Waals surface area contributed by atoms with Gasteiger partial charge in [0.05, 0.1) is 17.1 Å². The molecule has 0 aliphatic heterocycles. The molecule has 15 heavy (non-hydrogen) atoms. The number of para-hydroxylation sites is 1. The van der Waals surface area contributed by atoms with Crippen molar-refractivity contribution in [3.63, 3.8) is 0 Å². The highest BCUT2D eigenvalue weighted by atomic mass is 16.1. The Morgan fingerprint density at radius 1 is 1.40 bits per heavy atom. The van der Waals surface area contributed by atoms with Crippen LogP contribution in [0.3, 0.4) is 0 Å². The largest absolute Gasteiger partial charge is 0.293 e. The van der Waals surface area contributed by atoms with E-state index in [0.717, 1.165) is 5.39 Å². The molecule has 1 heterocycles. The third kappa shape index (κ3) is 1.57. The molecule has 0 bridgehead atoms. The number of rotatable bonds is 1. The van der Waals surface area contributed by atoms with Gasteiger partial charge in [0.1, 0.15) is 5.69 Å². The molecule has 0 aliphatic rings. The Labute approximate surface area is 87.0 Å². The van der Waals surface area contributed by atoms with Crippen molar-refractivity contribution < 1.29 is 4.79 Å². The Hall–Kier alpha value is -2.21. The molecule has 0 spiro atoms. The molecule has 0 unspecified atom stereocenters. The first-order chi connectivity index (χ1) is 7.22. The Morgan fingerprint density at radius 2 is 2.13 bits per heavy atom. The van der Waals surface area contributed by atoms with Gasteiger partial charge in [-0.05, 0) is 12.1 Å². The van der Waals surface area contributed by atoms with Crippen LogP contribution in [0.15, 0.2) is 30.3 Å². The third-order valence-corrected chi connectivity index (χ3v) is 2.20. The molecule has 3 heteroatoms. The van der Waals surface area contributed by atoms with E-state index in [9.17, 15) is 4.79 Å². The predicted octanol–water partition coefficient (Wildman–Crippen LogP) is 2.31. The molecule has 3 nitrogen and oxygen atoms in total. The molecule has 72 valence electrons. The van der Waals surface area contributed by atoms with Gasteiger partial charge in [0, 0.05) is 12.3 Å². The molecule has 1 aromatic carbocycles. The summed E-state index contributed by atoms with van der Waals surface area (Å²) in [5.74, 6) is -0.128. The molecule has 0 radical (unpaired) electrons. The van der Waals surface area contributed by atoms with Crippen molar-refractivity contribution >= 4 is 16.7 Å². The number of Topliss-reactive ketones (excluding diaryl/α,β-unsaturated/α-hetero) is 1. The zero-order valence-corrected chi connectivity index (χ0v) is 8.19. The number of nitriles is 1. The maximum Gasteiger partial charge on any atom is 0.178 e. The number of carbonyl (C=O) groups excluding carboxylic acids is 1. The van der Waals surface area contributed by atoms with Gasteiger partial charge in [-0.3, -0.25) is 4.79 Å². The topological polar surface area (TPSA) is 53.8 Å². The smallest absolute Gasteiger partial charge is 0.178 e. The van der Waals surface area contributed by atoms with Crippen molar-refractivity contribution in [2.45, 2.75) is 6.92 Å². The van der Waals surface area contributed by atoms with Crippen LogP contribution in [0.2, 0.25) is 0 Å². The zero-order chi connectivity index (χ0) is 10.8. The number of pyridine rings is 1. The van der Waals surface area contributed by atoms with E-state index in [0.29, 0.717) is 16.8 Å². The average Bonchev–Trinajstić information content (AvgIpc) is 2.27. The molecule has 0 fully saturated rings. The van der Waals surface area contributed by atoms with E-state index in [1.54, 1.807) is 6.07 Å². The number of hydrogen-bond donors (Lipinski definition) is 0. The van der Waals surface area contributed by atoms with E-state index in [-0.39, 0.29) is 5.78 Å². The molecule has 0 saturated carbocycles. The average molecular weight is 196 g/mol. The standard InChI is InChI=1S/C12H8N2O/c1-8(15)12-6-9(7-13)10-4-2-3-5-11(10)14-12/h2-6H,1H3. The first kappa shape index (κ1) is 9.35. The van der Waals surface area contributed by atoms with Crippen LogP contribution in [-0.2, 0) is 0 Å². The summed E-state index contributed by atoms with van der Waals surface area (Å²) in [7, 11) is 0. The van der Waals surface area contributed by atoms with Crippen molar-refractivity contribution in [2.75, 3.05) is 0 Å². The van der Waals surface area contributed by atoms with Gasteiger partial charge in [-0.2, -0.15) is 5.26 Å². The van der Waals surface area contributed by atoms with E-state index in [4.69, 9.17) is 5.26 Å². The van der Waals surface area contributed by atoms with E-state index in [1.165, 1.54) is 13.0 Å². The van der Waals surface area contributed by atoms with Crippen LogP contribution in [-0.4, -0.2) is 10.8 Å². The summed E-state index contributed by atoms with van der Waals surface area (Å²) in [4.78, 5) is 15.4. The second kappa shape index (κ2) is 3.50. The van der Waals surface area contributed by atoms with Crippen LogP contribution >= 0.6 is 0 Å². The monoisotopic (exact) mass is 196 g/mol. The number of hydrogen-bond acceptors (Lipinski definition) is 3. The normalized spacial score (nSPS) is 9.87. The van der Waals surface area contributed by atoms with Gasteiger partial charge >= 0.3 is 0 Å². The van der Waals surface area contributed by atoms with Crippen LogP contribution in [0.1, 0.15) is 23.0 Å². The highest BCUT2D eigenvalue weighted by Gasteiger charge is 2.07. The molecule has 1 aromatic heterocycles. The Balaban J connectivity index is 2.84. The van der Waals surface area contributed by atoms with Gasteiger partial charge in [0.2, 0.25) is 0 Å². The van der Waals surface area contributed by atoms with Crippen LogP contribution in [0.25, 0.3) is 10.9 Å². The summed E-state index contributed by atoms with van der Waals surface area (Å²) in [6, 6.07) is 10.9. The Kier molecular flexibility index (Phi) is 2.18. The van der Waals surface area contributed by atoms with Crippen molar-refractivity contribution in [3.8, 4) is 6.07 Å². The quantitative estimate of drug-likeness (QED) is 0.657. The SMILES string of the molecule is CC(=O)c1cc(C#N)c2ccccc2n1. The summed E-state index contributed by atoms with van der Waals surface area (Å²) in [6.45, 7) is 1.44. The highest BCUT2D eigenvalue weighted by molar-refractivity contribution is 5.96. The molecule has 0 saturated heterocycles. The fourth-order valence-electron chi connectivity index (χ4n) is 1.45. The van der Waals surface area contributed by atoms with Crippen LogP contribution in [0, 0.1) is 11.3 Å². The maximum atomic E-state index is 11.2. The molecule has 0 N–H and O–H groups in total. The maximum absolute atomic E-state index is 11.2. The lowest BCUT2D eigenvalue weighted by Gasteiger charge is -2.01. The fraction of sp³-hybridized carbons (Fsp3) is 0.0833. The lowest BCUT2D eigenvalue weighted by molar-refractivity contribution is 0.101. The van der Waals surface area contributed by atoms with Gasteiger partial charge in [-0.25, -0.2) is 4.98 Å². The van der Waals surface area contributed by atoms with E-state index < -0.39 is 0 Å². The van der Waals surface area contributed by atoms with Crippen LogP contribution < -0.4 is 0 Å². The van der Waals surface area contributed by atoms with Crippen molar-refractivity contribution in [1.29, 1.82) is 5.26 Å². The molecule has 0 amide bonds. The van der Waals surface area contributed by atoms with Crippen LogP contribution in [0.4, 0.5) is 0 Å². The lowest BCUT2D eigenvalue weighted by Crippen LogP contribution is -1.98. The summed E-state index contributed by atoms with van der Waals surface area (Å²) in [5.41, 5.74) is 1.51. The minimum Gasteiger partial charge on any atom is -0.293 e. The number of ketones is 1. The zero-order valence-electron chi connectivity index (χ0n) is 8.19. The molecule has 0 atom stereocenters. The third-order valence-electron chi connectivity index (χ3n) is 2.20. The highest BCUT2D eigenvalue weighted by Crippen LogP contribution is 2.17. The van der Waals surface area contributed by atoms with E-state index in [2.05, 4.69) is 11.1 Å². The molecular formula is C12H8N2O. The Bertz CT molecular complexity index is 582. The first-order valence-electron chi connectivity index (χ1n) is 4.53. The number of nitrogens with zero attached hydrogens (tertiary/aromatic N) is 2. The van der Waals surface area contributed by atoms with Gasteiger partial charge in [-0.15, -0.1) is 0 Å². The minimum absolute atomic E-state index is 0.128. The van der Waals surface area contributed by atoms with Gasteiger partial charge in [-0.1, -0.05) is 18.2 Å². The number of carbonyl (C=O) groups is 1. The van der Waals surface area contributed by atoms with Crippen molar-refractivity contribution in [2.24, 2.45) is 0 Å². The van der Waals surface area contributed by atoms with Crippen molar-refractivity contribution in [3.05, 3.63) is 41.6 Å². The lowest BCUT2D eigenvalue weighted by atomic mass is 10.1. The number of benzene rings is 1. The fourth-order valence-corrected chi connectivity index (χ4v) is 1.45. The van der Waals surface area contributed by atoms with Crippen LogP contribution in [0.5, 0.6) is 0 Å². The molecule has 2 rings (SSSR count). The van der Waals surface area contributed by atoms with E-state index in [1.807, 2.05) is 18.2 Å². The summed E-state index contributed by atoms with van der Waals surface area (Å²) in [6.07, 6.45) is 0. The number of fused-ring (bicyclic) bond motifs is 1. The summed E-state index contributed by atoms with van der Waals surface area (Å²) < 4.78 is 0. The van der Waals surface area contributed by atoms with Gasteiger partial charge in [0.25, 0.3) is 0 Å².